The van der Waals surface area contributed by atoms with E-state index in [1.54, 1.807) is 30.3 Å². The fourth-order valence-electron chi connectivity index (χ4n) is 1.69. The summed E-state index contributed by atoms with van der Waals surface area (Å²) in [4.78, 5) is 19.5. The van der Waals surface area contributed by atoms with Crippen LogP contribution in [0.3, 0.4) is 0 Å². The zero-order chi connectivity index (χ0) is 14.8. The van der Waals surface area contributed by atoms with E-state index in [-0.39, 0.29) is 6.54 Å². The van der Waals surface area contributed by atoms with E-state index in [0.29, 0.717) is 5.56 Å². The monoisotopic (exact) mass is 287 g/mol. The van der Waals surface area contributed by atoms with E-state index in [4.69, 9.17) is 0 Å². The third-order valence-corrected chi connectivity index (χ3v) is 2.63. The third kappa shape index (κ3) is 3.08. The van der Waals surface area contributed by atoms with Crippen molar-refractivity contribution in [3.63, 3.8) is 0 Å². The second-order valence-electron chi connectivity index (χ2n) is 4.06. The number of aliphatic imine (C=N–C) groups is 1. The Kier molecular flexibility index (Phi) is 3.93. The molecule has 108 valence electrons. The lowest BCUT2D eigenvalue weighted by molar-refractivity contribution is -0.149. The van der Waals surface area contributed by atoms with Crippen LogP contribution in [0.2, 0.25) is 0 Å². The van der Waals surface area contributed by atoms with Gasteiger partial charge in [-0.2, -0.15) is 13.2 Å². The highest BCUT2D eigenvalue weighted by atomic mass is 19.4. The average molecular weight is 287 g/mol. The molecule has 0 aliphatic carbocycles. The molecule has 0 saturated carbocycles. The van der Waals surface area contributed by atoms with Gasteiger partial charge in [0.1, 0.15) is 6.54 Å². The number of carbonyl (C=O) groups is 1. The SMILES string of the molecule is CNC(=O)CN1OC(C(F)(F)F)=NC1c1ccccc1. The van der Waals surface area contributed by atoms with Gasteiger partial charge in [-0.3, -0.25) is 4.79 Å². The Hall–Kier alpha value is -2.09. The van der Waals surface area contributed by atoms with Gasteiger partial charge >= 0.3 is 12.1 Å². The lowest BCUT2D eigenvalue weighted by Crippen LogP contribution is -2.37. The van der Waals surface area contributed by atoms with E-state index in [1.165, 1.54) is 7.05 Å². The summed E-state index contributed by atoms with van der Waals surface area (Å²) in [5.41, 5.74) is 0.510. The molecule has 1 unspecified atom stereocenters. The molecule has 1 atom stereocenters. The van der Waals surface area contributed by atoms with Gasteiger partial charge in [0.25, 0.3) is 0 Å². The van der Waals surface area contributed by atoms with Crippen LogP contribution in [0.1, 0.15) is 11.7 Å². The van der Waals surface area contributed by atoms with Gasteiger partial charge in [0.2, 0.25) is 5.91 Å². The molecule has 0 bridgehead atoms. The maximum Gasteiger partial charge on any atom is 0.470 e. The number of halogens is 3. The number of hydrogen-bond donors (Lipinski definition) is 1. The Labute approximate surface area is 113 Å². The zero-order valence-electron chi connectivity index (χ0n) is 10.5. The zero-order valence-corrected chi connectivity index (χ0v) is 10.5. The fraction of sp³-hybridized carbons (Fsp3) is 0.333. The lowest BCUT2D eigenvalue weighted by Gasteiger charge is -2.20. The maximum atomic E-state index is 12.7. The quantitative estimate of drug-likeness (QED) is 0.919. The van der Waals surface area contributed by atoms with E-state index >= 15 is 0 Å². The van der Waals surface area contributed by atoms with Crippen LogP contribution < -0.4 is 5.32 Å². The van der Waals surface area contributed by atoms with Gasteiger partial charge in [-0.1, -0.05) is 30.3 Å². The number of alkyl halides is 3. The van der Waals surface area contributed by atoms with Gasteiger partial charge in [0, 0.05) is 7.05 Å². The van der Waals surface area contributed by atoms with Crippen LogP contribution in [0.4, 0.5) is 13.2 Å². The smallest absolute Gasteiger partial charge is 0.378 e. The summed E-state index contributed by atoms with van der Waals surface area (Å²) in [7, 11) is 1.39. The molecule has 1 N–H and O–H groups in total. The van der Waals surface area contributed by atoms with Gasteiger partial charge < -0.3 is 10.2 Å². The van der Waals surface area contributed by atoms with Crippen LogP contribution in [0, 0.1) is 0 Å². The number of likely N-dealkylation sites (N-methyl/N-ethyl adjacent to an activating group) is 1. The molecule has 0 saturated heterocycles. The number of hydroxylamine groups is 2. The first kappa shape index (κ1) is 14.3. The van der Waals surface area contributed by atoms with E-state index in [2.05, 4.69) is 15.1 Å². The fourth-order valence-corrected chi connectivity index (χ4v) is 1.69. The van der Waals surface area contributed by atoms with Crippen LogP contribution in [-0.4, -0.2) is 36.6 Å². The minimum atomic E-state index is -4.69. The highest BCUT2D eigenvalue weighted by Gasteiger charge is 2.46. The Morgan fingerprint density at radius 3 is 2.60 bits per heavy atom. The molecule has 1 aromatic rings. The van der Waals surface area contributed by atoms with Gasteiger partial charge in [0.15, 0.2) is 6.17 Å². The van der Waals surface area contributed by atoms with Crippen molar-refractivity contribution in [2.75, 3.05) is 13.6 Å². The molecule has 2 rings (SSSR count). The molecule has 8 heteroatoms. The van der Waals surface area contributed by atoms with Crippen molar-refractivity contribution in [2.24, 2.45) is 4.99 Å². The minimum Gasteiger partial charge on any atom is -0.378 e. The van der Waals surface area contributed by atoms with Crippen LogP contribution in [-0.2, 0) is 9.63 Å². The molecule has 1 aliphatic heterocycles. The first-order valence-corrected chi connectivity index (χ1v) is 5.77. The number of rotatable bonds is 3. The maximum absolute atomic E-state index is 12.7. The normalized spacial score (nSPS) is 19.4. The van der Waals surface area contributed by atoms with Gasteiger partial charge in [-0.25, -0.2) is 4.99 Å². The van der Waals surface area contributed by atoms with E-state index in [9.17, 15) is 18.0 Å². The lowest BCUT2D eigenvalue weighted by atomic mass is 10.2. The first-order valence-electron chi connectivity index (χ1n) is 5.77. The Bertz CT molecular complexity index is 516. The highest BCUT2D eigenvalue weighted by Crippen LogP contribution is 2.33. The summed E-state index contributed by atoms with van der Waals surface area (Å²) in [6, 6.07) is 8.32. The summed E-state index contributed by atoms with van der Waals surface area (Å²) >= 11 is 0. The van der Waals surface area contributed by atoms with E-state index in [1.807, 2.05) is 0 Å². The van der Waals surface area contributed by atoms with Crippen molar-refractivity contribution in [1.29, 1.82) is 0 Å². The number of carbonyl (C=O) groups excluding carboxylic acids is 1. The van der Waals surface area contributed by atoms with Crippen molar-refractivity contribution in [3.8, 4) is 0 Å². The number of hydrogen-bond acceptors (Lipinski definition) is 4. The Morgan fingerprint density at radius 1 is 1.40 bits per heavy atom. The largest absolute Gasteiger partial charge is 0.470 e. The second-order valence-corrected chi connectivity index (χ2v) is 4.06. The van der Waals surface area contributed by atoms with Crippen molar-refractivity contribution in [1.82, 2.24) is 10.4 Å². The number of amides is 1. The minimum absolute atomic E-state index is 0.348. The molecule has 20 heavy (non-hydrogen) atoms. The summed E-state index contributed by atoms with van der Waals surface area (Å²) in [6.45, 7) is -0.348. The van der Waals surface area contributed by atoms with Crippen molar-refractivity contribution >= 4 is 11.8 Å². The average Bonchev–Trinajstić information content (AvgIpc) is 2.83. The molecule has 5 nitrogen and oxygen atoms in total. The molecule has 1 aromatic carbocycles. The molecular weight excluding hydrogens is 275 g/mol. The highest BCUT2D eigenvalue weighted by molar-refractivity contribution is 5.84. The standard InChI is InChI=1S/C12H12F3N3O2/c1-16-9(19)7-18-10(8-5-3-2-4-6-8)17-11(20-18)12(13,14)15/h2-6,10H,7H2,1H3,(H,16,19). The second kappa shape index (κ2) is 5.49. The van der Waals surface area contributed by atoms with Crippen molar-refractivity contribution < 1.29 is 22.8 Å². The van der Waals surface area contributed by atoms with Crippen molar-refractivity contribution in [3.05, 3.63) is 35.9 Å². The van der Waals surface area contributed by atoms with Gasteiger partial charge in [-0.15, -0.1) is 5.06 Å². The van der Waals surface area contributed by atoms with Gasteiger partial charge in [0.05, 0.1) is 0 Å². The molecule has 0 fully saturated rings. The van der Waals surface area contributed by atoms with Crippen LogP contribution in [0.15, 0.2) is 35.3 Å². The third-order valence-electron chi connectivity index (χ3n) is 2.63. The molecule has 1 aliphatic rings. The van der Waals surface area contributed by atoms with E-state index < -0.39 is 24.1 Å². The molecule has 1 heterocycles. The van der Waals surface area contributed by atoms with Crippen LogP contribution >= 0.6 is 0 Å². The predicted molar refractivity (Wildman–Crippen MR) is 64.5 cm³/mol. The molecule has 1 amide bonds. The number of benzene rings is 1. The first-order chi connectivity index (χ1) is 9.41. The van der Waals surface area contributed by atoms with Crippen LogP contribution in [0.5, 0.6) is 0 Å². The number of nitrogens with one attached hydrogen (secondary N) is 1. The van der Waals surface area contributed by atoms with Crippen LogP contribution in [0.25, 0.3) is 0 Å². The Balaban J connectivity index is 2.27. The topological polar surface area (TPSA) is 53.9 Å². The van der Waals surface area contributed by atoms with Crippen molar-refractivity contribution in [2.45, 2.75) is 12.3 Å². The molecule has 0 aromatic heterocycles. The molecule has 0 radical (unpaired) electrons. The van der Waals surface area contributed by atoms with E-state index in [0.717, 1.165) is 5.06 Å². The number of nitrogens with zero attached hydrogens (tertiary/aromatic N) is 2. The summed E-state index contributed by atoms with van der Waals surface area (Å²) in [5.74, 6) is -1.82. The van der Waals surface area contributed by atoms with Gasteiger partial charge in [-0.05, 0) is 5.56 Å². The summed E-state index contributed by atoms with van der Waals surface area (Å²) in [6.07, 6.45) is -5.69. The summed E-state index contributed by atoms with van der Waals surface area (Å²) < 4.78 is 38.0. The molecular formula is C12H12F3N3O2. The molecule has 0 spiro atoms. The Morgan fingerprint density at radius 2 is 2.05 bits per heavy atom. The predicted octanol–water partition coefficient (Wildman–Crippen LogP) is 1.64. The summed E-state index contributed by atoms with van der Waals surface area (Å²) in [5, 5.41) is 3.22.